The van der Waals surface area contributed by atoms with E-state index in [0.717, 1.165) is 5.56 Å². The molecule has 0 amide bonds. The average Bonchev–Trinajstić information content (AvgIpc) is 3.20. The van der Waals surface area contributed by atoms with Crippen molar-refractivity contribution in [2.45, 2.75) is 30.5 Å². The van der Waals surface area contributed by atoms with Crippen LogP contribution in [0.25, 0.3) is 0 Å². The fourth-order valence-electron chi connectivity index (χ4n) is 2.31. The van der Waals surface area contributed by atoms with Crippen molar-refractivity contribution < 1.29 is 17.9 Å². The molecule has 10 nitrogen and oxygen atoms in total. The lowest BCUT2D eigenvalue weighted by Gasteiger charge is -2.13. The Bertz CT molecular complexity index is 1170. The summed E-state index contributed by atoms with van der Waals surface area (Å²) >= 11 is 0.449. The van der Waals surface area contributed by atoms with Crippen LogP contribution in [-0.4, -0.2) is 17.9 Å². The first kappa shape index (κ1) is 19.1. The smallest absolute Gasteiger partial charge is 0.253 e. The number of nitrogens with two attached hydrogens (primary N) is 1. The fraction of sp³-hybridized carbons (Fsp3) is 0.267. The number of sulfonamides is 1. The highest BCUT2D eigenvalue weighted by Gasteiger charge is 2.26. The van der Waals surface area contributed by atoms with Gasteiger partial charge in [0, 0.05) is 0 Å². The average molecular weight is 412 g/mol. The molecule has 0 aliphatic rings. The molecular formula is C15H16N4O6S2. The molecule has 0 spiro atoms. The van der Waals surface area contributed by atoms with Gasteiger partial charge in [0.25, 0.3) is 20.9 Å². The van der Waals surface area contributed by atoms with E-state index in [1.54, 1.807) is 6.26 Å². The Morgan fingerprint density at radius 2 is 1.96 bits per heavy atom. The molecule has 2 heterocycles. The van der Waals surface area contributed by atoms with E-state index in [0.29, 0.717) is 17.3 Å². The lowest BCUT2D eigenvalue weighted by atomic mass is 10.1. The molecule has 3 aromatic rings. The van der Waals surface area contributed by atoms with Gasteiger partial charge in [-0.05, 0) is 29.1 Å². The standard InChI is InChI=1S/C15H16N4O6S2/c1-6(2)7-3-8(25-5-7)4-17-9-10(12(21)11(9)20)18-14-13(22)15(26-19-14)27(16,23)24/h3,5-6,17,22H,4H2,1-2H3,(H,18,19)(H2,16,23,24). The Hall–Kier alpha value is -2.70. The van der Waals surface area contributed by atoms with Gasteiger partial charge in [0.2, 0.25) is 0 Å². The predicted octanol–water partition coefficient (Wildman–Crippen LogP) is 1.16. The van der Waals surface area contributed by atoms with Gasteiger partial charge < -0.3 is 20.2 Å². The number of aromatic nitrogens is 1. The zero-order chi connectivity index (χ0) is 19.9. The van der Waals surface area contributed by atoms with Crippen molar-refractivity contribution in [3.05, 3.63) is 44.1 Å². The van der Waals surface area contributed by atoms with Crippen LogP contribution in [0, 0.1) is 0 Å². The quantitative estimate of drug-likeness (QED) is 0.417. The summed E-state index contributed by atoms with van der Waals surface area (Å²) in [6.45, 7) is 4.19. The summed E-state index contributed by atoms with van der Waals surface area (Å²) in [5.74, 6) is -0.134. The normalized spacial score (nSPS) is 12.0. The first-order chi connectivity index (χ1) is 12.6. The lowest BCUT2D eigenvalue weighted by Crippen LogP contribution is -2.36. The second kappa shape index (κ2) is 6.79. The van der Waals surface area contributed by atoms with E-state index in [1.165, 1.54) is 0 Å². The molecule has 0 aliphatic carbocycles. The summed E-state index contributed by atoms with van der Waals surface area (Å²) in [5, 5.41) is 20.1. The van der Waals surface area contributed by atoms with E-state index in [1.807, 2.05) is 19.9 Å². The van der Waals surface area contributed by atoms with Gasteiger partial charge in [-0.1, -0.05) is 13.8 Å². The number of furan rings is 1. The van der Waals surface area contributed by atoms with Crippen LogP contribution in [0.3, 0.4) is 0 Å². The largest absolute Gasteiger partial charge is 0.503 e. The number of hydrogen-bond donors (Lipinski definition) is 4. The minimum Gasteiger partial charge on any atom is -0.503 e. The van der Waals surface area contributed by atoms with Crippen molar-refractivity contribution in [1.29, 1.82) is 0 Å². The fourth-order valence-corrected chi connectivity index (χ4v) is 3.69. The van der Waals surface area contributed by atoms with Crippen molar-refractivity contribution >= 4 is 38.7 Å². The molecule has 2 aromatic heterocycles. The number of nitrogens with zero attached hydrogens (tertiary/aromatic N) is 1. The maximum absolute atomic E-state index is 11.8. The summed E-state index contributed by atoms with van der Waals surface area (Å²) in [7, 11) is -4.16. The molecule has 5 N–H and O–H groups in total. The lowest BCUT2D eigenvalue weighted by molar-refractivity contribution is 0.465. The Morgan fingerprint density at radius 1 is 1.30 bits per heavy atom. The monoisotopic (exact) mass is 412 g/mol. The third kappa shape index (κ3) is 3.59. The second-order valence-electron chi connectivity index (χ2n) is 6.10. The second-order valence-corrected chi connectivity index (χ2v) is 8.63. The molecule has 0 aliphatic heterocycles. The van der Waals surface area contributed by atoms with Crippen LogP contribution in [0.2, 0.25) is 0 Å². The third-order valence-corrected chi connectivity index (χ3v) is 6.09. The Labute approximate surface area is 157 Å². The van der Waals surface area contributed by atoms with Gasteiger partial charge in [0.15, 0.2) is 15.8 Å². The molecule has 27 heavy (non-hydrogen) atoms. The zero-order valence-corrected chi connectivity index (χ0v) is 15.9. The first-order valence-corrected chi connectivity index (χ1v) is 10.0. The molecule has 0 bridgehead atoms. The van der Waals surface area contributed by atoms with E-state index in [4.69, 9.17) is 9.56 Å². The summed E-state index contributed by atoms with van der Waals surface area (Å²) in [6, 6.07) is 1.83. The predicted molar refractivity (Wildman–Crippen MR) is 99.9 cm³/mol. The third-order valence-electron chi connectivity index (χ3n) is 3.83. The molecule has 0 saturated carbocycles. The van der Waals surface area contributed by atoms with Gasteiger partial charge in [-0.3, -0.25) is 9.59 Å². The van der Waals surface area contributed by atoms with Crippen molar-refractivity contribution in [2.75, 3.05) is 10.6 Å². The number of nitrogens with one attached hydrogen (secondary N) is 2. The van der Waals surface area contributed by atoms with E-state index in [2.05, 4.69) is 15.0 Å². The van der Waals surface area contributed by atoms with E-state index < -0.39 is 30.8 Å². The summed E-state index contributed by atoms with van der Waals surface area (Å²) < 4.78 is 31.2. The van der Waals surface area contributed by atoms with Gasteiger partial charge in [-0.25, -0.2) is 13.6 Å². The van der Waals surface area contributed by atoms with Crippen LogP contribution in [0.15, 0.2) is 30.5 Å². The van der Waals surface area contributed by atoms with Crippen LogP contribution in [-0.2, 0) is 16.6 Å². The van der Waals surface area contributed by atoms with Gasteiger partial charge in [-0.15, -0.1) is 0 Å². The molecule has 144 valence electrons. The highest BCUT2D eigenvalue weighted by molar-refractivity contribution is 7.91. The molecule has 12 heteroatoms. The molecule has 1 aromatic carbocycles. The zero-order valence-electron chi connectivity index (χ0n) is 14.3. The van der Waals surface area contributed by atoms with Crippen LogP contribution < -0.4 is 26.6 Å². The summed E-state index contributed by atoms with van der Waals surface area (Å²) in [4.78, 5) is 23.6. The number of primary sulfonamides is 1. The van der Waals surface area contributed by atoms with E-state index in [9.17, 15) is 23.1 Å². The number of hydrogen-bond acceptors (Lipinski definition) is 10. The Balaban J connectivity index is 1.79. The van der Waals surface area contributed by atoms with E-state index >= 15 is 0 Å². The molecule has 0 atom stereocenters. The highest BCUT2D eigenvalue weighted by Crippen LogP contribution is 2.36. The molecule has 0 radical (unpaired) electrons. The molecule has 0 fully saturated rings. The molecular weight excluding hydrogens is 396 g/mol. The molecule has 0 unspecified atom stereocenters. The molecule has 0 saturated heterocycles. The summed E-state index contributed by atoms with van der Waals surface area (Å²) in [6.07, 6.45) is 1.62. The van der Waals surface area contributed by atoms with Gasteiger partial charge >= 0.3 is 0 Å². The maximum Gasteiger partial charge on any atom is 0.253 e. The Kier molecular flexibility index (Phi) is 4.80. The maximum atomic E-state index is 11.8. The van der Waals surface area contributed by atoms with Gasteiger partial charge in [-0.2, -0.15) is 4.37 Å². The van der Waals surface area contributed by atoms with Gasteiger partial charge in [0.05, 0.1) is 12.8 Å². The summed E-state index contributed by atoms with van der Waals surface area (Å²) in [5.41, 5.74) is -0.693. The minimum absolute atomic E-state index is 0.00736. The Morgan fingerprint density at radius 3 is 2.52 bits per heavy atom. The topological polar surface area (TPSA) is 165 Å². The van der Waals surface area contributed by atoms with Crippen molar-refractivity contribution in [1.82, 2.24) is 4.37 Å². The number of anilines is 3. The SMILES string of the molecule is CC(C)c1coc(CNc2c(Nc3nsc(S(N)(=O)=O)c3O)c(=O)c2=O)c1. The van der Waals surface area contributed by atoms with Gasteiger partial charge in [0.1, 0.15) is 17.1 Å². The molecule has 3 rings (SSSR count). The van der Waals surface area contributed by atoms with Crippen LogP contribution >= 0.6 is 11.5 Å². The van der Waals surface area contributed by atoms with Crippen LogP contribution in [0.5, 0.6) is 5.75 Å². The van der Waals surface area contributed by atoms with Crippen molar-refractivity contribution in [3.63, 3.8) is 0 Å². The number of rotatable bonds is 7. The number of aromatic hydroxyl groups is 1. The first-order valence-electron chi connectivity index (χ1n) is 7.72. The van der Waals surface area contributed by atoms with Crippen molar-refractivity contribution in [2.24, 2.45) is 5.14 Å². The van der Waals surface area contributed by atoms with E-state index in [-0.39, 0.29) is 29.7 Å². The minimum atomic E-state index is -4.16. The highest BCUT2D eigenvalue weighted by atomic mass is 32.2. The van der Waals surface area contributed by atoms with Crippen molar-refractivity contribution in [3.8, 4) is 5.75 Å². The van der Waals surface area contributed by atoms with Crippen LogP contribution in [0.4, 0.5) is 17.2 Å². The van der Waals surface area contributed by atoms with Crippen LogP contribution in [0.1, 0.15) is 31.1 Å².